The lowest BCUT2D eigenvalue weighted by Crippen LogP contribution is -2.11. The highest BCUT2D eigenvalue weighted by atomic mass is 32.2. The first-order valence-corrected chi connectivity index (χ1v) is 8.88. The van der Waals surface area contributed by atoms with Gasteiger partial charge >= 0.3 is 0 Å². The van der Waals surface area contributed by atoms with Crippen LogP contribution >= 0.6 is 0 Å². The van der Waals surface area contributed by atoms with Crippen molar-refractivity contribution in [3.8, 4) is 23.0 Å². The molecule has 0 aliphatic carbocycles. The number of nitrogens with two attached hydrogens (primary N) is 1. The number of aromatic nitrogens is 3. The zero-order chi connectivity index (χ0) is 17.4. The lowest BCUT2D eigenvalue weighted by Gasteiger charge is -2.00. The van der Waals surface area contributed by atoms with E-state index in [1.807, 2.05) is 30.3 Å². The van der Waals surface area contributed by atoms with Crippen LogP contribution in [-0.4, -0.2) is 23.5 Å². The van der Waals surface area contributed by atoms with Crippen LogP contribution in [0.15, 0.2) is 70.2 Å². The Kier molecular flexibility index (Phi) is 3.56. The summed E-state index contributed by atoms with van der Waals surface area (Å²) in [5, 5.41) is 11.0. The number of pyridine rings is 1. The van der Waals surface area contributed by atoms with E-state index in [1.54, 1.807) is 18.3 Å². The molecule has 0 aliphatic heterocycles. The first kappa shape index (κ1) is 15.4. The third kappa shape index (κ3) is 2.88. The number of fused-ring (bicyclic) bond motifs is 1. The highest BCUT2D eigenvalue weighted by Gasteiger charge is 2.15. The molecule has 2 aromatic carbocycles. The largest absolute Gasteiger partial charge is 0.332 e. The summed E-state index contributed by atoms with van der Waals surface area (Å²) >= 11 is 0. The minimum Gasteiger partial charge on any atom is -0.332 e. The number of hydrogen-bond donors (Lipinski definition) is 1. The van der Waals surface area contributed by atoms with Gasteiger partial charge in [0.2, 0.25) is 15.8 Å². The molecule has 7 nitrogen and oxygen atoms in total. The number of sulfonamides is 1. The summed E-state index contributed by atoms with van der Waals surface area (Å²) in [5.41, 5.74) is 1.21. The smallest absolute Gasteiger partial charge is 0.277 e. The number of benzene rings is 2. The second-order valence-electron chi connectivity index (χ2n) is 5.37. The SMILES string of the molecule is NS(=O)(=O)c1ccc(-c2noc(-c3nccc4ccccc34)n2)cc1. The van der Waals surface area contributed by atoms with Gasteiger partial charge in [-0.1, -0.05) is 29.4 Å². The van der Waals surface area contributed by atoms with Crippen LogP contribution in [0.4, 0.5) is 0 Å². The molecule has 8 heteroatoms. The second kappa shape index (κ2) is 5.76. The molecule has 0 radical (unpaired) electrons. The van der Waals surface area contributed by atoms with Gasteiger partial charge in [0.15, 0.2) is 0 Å². The first-order valence-electron chi connectivity index (χ1n) is 7.33. The molecular formula is C17H12N4O3S. The maximum Gasteiger partial charge on any atom is 0.277 e. The molecule has 25 heavy (non-hydrogen) atoms. The second-order valence-corrected chi connectivity index (χ2v) is 6.93. The molecule has 0 spiro atoms. The number of hydrogen-bond acceptors (Lipinski definition) is 6. The van der Waals surface area contributed by atoms with Gasteiger partial charge in [0.05, 0.1) is 4.90 Å². The number of nitrogens with zero attached hydrogens (tertiary/aromatic N) is 3. The van der Waals surface area contributed by atoms with E-state index in [4.69, 9.17) is 9.66 Å². The van der Waals surface area contributed by atoms with E-state index >= 15 is 0 Å². The third-order valence-corrected chi connectivity index (χ3v) is 4.67. The molecule has 4 rings (SSSR count). The first-order chi connectivity index (χ1) is 12.0. The van der Waals surface area contributed by atoms with Crippen molar-refractivity contribution < 1.29 is 12.9 Å². The summed E-state index contributed by atoms with van der Waals surface area (Å²) in [6.45, 7) is 0. The third-order valence-electron chi connectivity index (χ3n) is 3.74. The Morgan fingerprint density at radius 1 is 0.960 bits per heavy atom. The minimum atomic E-state index is -3.74. The van der Waals surface area contributed by atoms with Crippen LogP contribution in [0.3, 0.4) is 0 Å². The van der Waals surface area contributed by atoms with Crippen LogP contribution in [0.5, 0.6) is 0 Å². The fourth-order valence-electron chi connectivity index (χ4n) is 2.52. The highest BCUT2D eigenvalue weighted by Crippen LogP contribution is 2.27. The lowest BCUT2D eigenvalue weighted by atomic mass is 10.1. The van der Waals surface area contributed by atoms with Crippen molar-refractivity contribution in [2.45, 2.75) is 4.90 Å². The molecule has 0 aliphatic rings. The van der Waals surface area contributed by atoms with E-state index in [0.717, 1.165) is 10.8 Å². The Balaban J connectivity index is 1.75. The molecule has 0 saturated carbocycles. The number of primary sulfonamides is 1. The monoisotopic (exact) mass is 352 g/mol. The van der Waals surface area contributed by atoms with Gasteiger partial charge in [-0.15, -0.1) is 0 Å². The Hall–Kier alpha value is -3.10. The molecule has 0 bridgehead atoms. The molecule has 4 aromatic rings. The Bertz CT molecular complexity index is 1160. The molecule has 0 saturated heterocycles. The maximum absolute atomic E-state index is 11.3. The molecule has 2 N–H and O–H groups in total. The fraction of sp³-hybridized carbons (Fsp3) is 0. The van der Waals surface area contributed by atoms with Gasteiger partial charge in [-0.25, -0.2) is 13.6 Å². The van der Waals surface area contributed by atoms with E-state index in [9.17, 15) is 8.42 Å². The zero-order valence-electron chi connectivity index (χ0n) is 12.8. The van der Waals surface area contributed by atoms with E-state index in [0.29, 0.717) is 23.0 Å². The van der Waals surface area contributed by atoms with Crippen LogP contribution in [-0.2, 0) is 10.0 Å². The van der Waals surface area contributed by atoms with Crippen LogP contribution < -0.4 is 5.14 Å². The van der Waals surface area contributed by atoms with Crippen LogP contribution in [0.1, 0.15) is 0 Å². The van der Waals surface area contributed by atoms with Crippen molar-refractivity contribution in [2.24, 2.45) is 5.14 Å². The maximum atomic E-state index is 11.3. The topological polar surface area (TPSA) is 112 Å². The van der Waals surface area contributed by atoms with Crippen LogP contribution in [0, 0.1) is 0 Å². The molecule has 2 aromatic heterocycles. The van der Waals surface area contributed by atoms with Gasteiger partial charge in [-0.2, -0.15) is 4.98 Å². The Morgan fingerprint density at radius 2 is 1.72 bits per heavy atom. The molecule has 0 fully saturated rings. The minimum absolute atomic E-state index is 0.0238. The standard InChI is InChI=1S/C17H12N4O3S/c18-25(22,23)13-7-5-12(6-8-13)16-20-17(24-21-16)15-14-4-2-1-3-11(14)9-10-19-15/h1-10H,(H2,18,22,23). The number of rotatable bonds is 3. The predicted octanol–water partition coefficient (Wildman–Crippen LogP) is 2.60. The van der Waals surface area contributed by atoms with Gasteiger partial charge in [0, 0.05) is 17.1 Å². The Morgan fingerprint density at radius 3 is 2.48 bits per heavy atom. The van der Waals surface area contributed by atoms with Crippen molar-refractivity contribution in [2.75, 3.05) is 0 Å². The van der Waals surface area contributed by atoms with Gasteiger partial charge in [0.25, 0.3) is 5.89 Å². The van der Waals surface area contributed by atoms with E-state index in [-0.39, 0.29) is 4.90 Å². The highest BCUT2D eigenvalue weighted by molar-refractivity contribution is 7.89. The molecule has 0 unspecified atom stereocenters. The van der Waals surface area contributed by atoms with Crippen molar-refractivity contribution in [1.29, 1.82) is 0 Å². The van der Waals surface area contributed by atoms with Crippen molar-refractivity contribution >= 4 is 20.8 Å². The molecule has 0 atom stereocenters. The molecular weight excluding hydrogens is 340 g/mol. The van der Waals surface area contributed by atoms with Crippen molar-refractivity contribution in [3.05, 3.63) is 60.8 Å². The normalized spacial score (nSPS) is 11.7. The van der Waals surface area contributed by atoms with Gasteiger partial charge in [-0.3, -0.25) is 4.98 Å². The quantitative estimate of drug-likeness (QED) is 0.606. The van der Waals surface area contributed by atoms with Gasteiger partial charge in [-0.05, 0) is 35.7 Å². The summed E-state index contributed by atoms with van der Waals surface area (Å²) in [6, 6.07) is 15.6. The fourth-order valence-corrected chi connectivity index (χ4v) is 3.04. The van der Waals surface area contributed by atoms with E-state index in [1.165, 1.54) is 12.1 Å². The molecule has 0 amide bonds. The summed E-state index contributed by atoms with van der Waals surface area (Å²) in [6.07, 6.45) is 1.68. The summed E-state index contributed by atoms with van der Waals surface area (Å²) in [7, 11) is -3.74. The zero-order valence-corrected chi connectivity index (χ0v) is 13.6. The van der Waals surface area contributed by atoms with Crippen molar-refractivity contribution in [1.82, 2.24) is 15.1 Å². The average molecular weight is 352 g/mol. The summed E-state index contributed by atoms with van der Waals surface area (Å²) in [4.78, 5) is 8.73. The van der Waals surface area contributed by atoms with Gasteiger partial charge < -0.3 is 4.52 Å². The van der Waals surface area contributed by atoms with Crippen LogP contribution in [0.25, 0.3) is 33.7 Å². The predicted molar refractivity (Wildman–Crippen MR) is 91.8 cm³/mol. The van der Waals surface area contributed by atoms with E-state index < -0.39 is 10.0 Å². The van der Waals surface area contributed by atoms with Crippen LogP contribution in [0.2, 0.25) is 0 Å². The summed E-state index contributed by atoms with van der Waals surface area (Å²) in [5.74, 6) is 0.632. The van der Waals surface area contributed by atoms with Gasteiger partial charge in [0.1, 0.15) is 5.69 Å². The van der Waals surface area contributed by atoms with Crippen molar-refractivity contribution in [3.63, 3.8) is 0 Å². The average Bonchev–Trinajstić information content (AvgIpc) is 3.10. The summed E-state index contributed by atoms with van der Waals surface area (Å²) < 4.78 is 28.0. The molecule has 124 valence electrons. The molecule has 2 heterocycles. The Labute approximate surface area is 143 Å². The van der Waals surface area contributed by atoms with E-state index in [2.05, 4.69) is 15.1 Å². The lowest BCUT2D eigenvalue weighted by molar-refractivity contribution is 0.431.